The second-order valence-electron chi connectivity index (χ2n) is 5.88. The van der Waals surface area contributed by atoms with Crippen LogP contribution in [0.3, 0.4) is 0 Å². The predicted octanol–water partition coefficient (Wildman–Crippen LogP) is 5.20. The van der Waals surface area contributed by atoms with Crippen molar-refractivity contribution < 1.29 is 9.53 Å². The van der Waals surface area contributed by atoms with Crippen LogP contribution in [0.5, 0.6) is 5.75 Å². The van der Waals surface area contributed by atoms with E-state index in [4.69, 9.17) is 27.9 Å². The van der Waals surface area contributed by atoms with Crippen LogP contribution in [0.4, 0.5) is 0 Å². The molecule has 0 radical (unpaired) electrons. The largest absolute Gasteiger partial charge is 0.488 e. The molecule has 1 aliphatic heterocycles. The monoisotopic (exact) mass is 395 g/mol. The predicted molar refractivity (Wildman–Crippen MR) is 105 cm³/mol. The van der Waals surface area contributed by atoms with Crippen LogP contribution in [0.1, 0.15) is 28.8 Å². The van der Waals surface area contributed by atoms with Crippen LogP contribution in [0.25, 0.3) is 0 Å². The lowest BCUT2D eigenvalue weighted by Crippen LogP contribution is -2.37. The molecule has 3 rings (SSSR count). The minimum Gasteiger partial charge on any atom is -0.488 e. The zero-order valence-electron chi connectivity index (χ0n) is 13.6. The summed E-state index contributed by atoms with van der Waals surface area (Å²) in [5.41, 5.74) is 1.37. The molecule has 0 saturated carbocycles. The molecule has 1 amide bonds. The molecule has 25 heavy (non-hydrogen) atoms. The van der Waals surface area contributed by atoms with Gasteiger partial charge in [0.25, 0.3) is 5.91 Å². The Kier molecular flexibility index (Phi) is 6.51. The first kappa shape index (κ1) is 18.4. The van der Waals surface area contributed by atoms with Crippen molar-refractivity contribution in [2.75, 3.05) is 11.5 Å². The fourth-order valence-corrected chi connectivity index (χ4v) is 4.25. The van der Waals surface area contributed by atoms with Gasteiger partial charge in [0.1, 0.15) is 12.4 Å². The van der Waals surface area contributed by atoms with E-state index in [1.54, 1.807) is 24.3 Å². The van der Waals surface area contributed by atoms with Gasteiger partial charge in [-0.1, -0.05) is 41.4 Å². The number of para-hydroxylation sites is 1. The molecule has 6 heteroatoms. The Morgan fingerprint density at radius 2 is 1.92 bits per heavy atom. The van der Waals surface area contributed by atoms with E-state index in [0.717, 1.165) is 29.9 Å². The second-order valence-corrected chi connectivity index (χ2v) is 7.95. The Labute approximate surface area is 162 Å². The van der Waals surface area contributed by atoms with Gasteiger partial charge in [0.05, 0.1) is 5.56 Å². The van der Waals surface area contributed by atoms with Gasteiger partial charge in [-0.3, -0.25) is 4.79 Å². The molecule has 1 heterocycles. The molecule has 0 aromatic heterocycles. The maximum atomic E-state index is 12.6. The summed E-state index contributed by atoms with van der Waals surface area (Å²) in [5, 5.41) is 4.25. The maximum absolute atomic E-state index is 12.6. The fourth-order valence-electron chi connectivity index (χ4n) is 2.68. The first-order valence-electron chi connectivity index (χ1n) is 8.18. The Morgan fingerprint density at radius 3 is 2.68 bits per heavy atom. The minimum atomic E-state index is -0.0882. The quantitative estimate of drug-likeness (QED) is 0.755. The SMILES string of the molecule is O=C(NC1CCSCC1)c1ccccc1OCc1ccc(Cl)cc1Cl. The van der Waals surface area contributed by atoms with E-state index >= 15 is 0 Å². The molecule has 2 aromatic carbocycles. The maximum Gasteiger partial charge on any atom is 0.255 e. The average Bonchev–Trinajstić information content (AvgIpc) is 2.62. The molecule has 132 valence electrons. The summed E-state index contributed by atoms with van der Waals surface area (Å²) in [6.45, 7) is 0.278. The van der Waals surface area contributed by atoms with Gasteiger partial charge in [-0.25, -0.2) is 0 Å². The van der Waals surface area contributed by atoms with Crippen LogP contribution in [0.15, 0.2) is 42.5 Å². The standard InChI is InChI=1S/C19H19Cl2NO2S/c20-14-6-5-13(17(21)11-14)12-24-18-4-2-1-3-16(18)19(23)22-15-7-9-25-10-8-15/h1-6,11,15H,7-10,12H2,(H,22,23). The van der Waals surface area contributed by atoms with Gasteiger partial charge in [0.15, 0.2) is 0 Å². The van der Waals surface area contributed by atoms with Crippen molar-refractivity contribution in [1.29, 1.82) is 0 Å². The van der Waals surface area contributed by atoms with Gasteiger partial charge in [0, 0.05) is 21.7 Å². The van der Waals surface area contributed by atoms with E-state index in [2.05, 4.69) is 5.32 Å². The van der Waals surface area contributed by atoms with Crippen LogP contribution in [-0.2, 0) is 6.61 Å². The molecule has 0 aliphatic carbocycles. The van der Waals surface area contributed by atoms with E-state index in [9.17, 15) is 4.79 Å². The number of hydrogen-bond donors (Lipinski definition) is 1. The highest BCUT2D eigenvalue weighted by atomic mass is 35.5. The zero-order valence-corrected chi connectivity index (χ0v) is 16.0. The third kappa shape index (κ3) is 5.06. The number of rotatable bonds is 5. The molecule has 2 aromatic rings. The summed E-state index contributed by atoms with van der Waals surface area (Å²) in [5.74, 6) is 2.65. The molecule has 3 nitrogen and oxygen atoms in total. The van der Waals surface area contributed by atoms with Crippen molar-refractivity contribution in [3.05, 3.63) is 63.6 Å². The van der Waals surface area contributed by atoms with Crippen LogP contribution in [-0.4, -0.2) is 23.5 Å². The fraction of sp³-hybridized carbons (Fsp3) is 0.316. The van der Waals surface area contributed by atoms with Gasteiger partial charge in [-0.05, 0) is 48.6 Å². The molecule has 0 unspecified atom stereocenters. The van der Waals surface area contributed by atoms with Crippen LogP contribution in [0, 0.1) is 0 Å². The molecule has 0 atom stereocenters. The van der Waals surface area contributed by atoms with Gasteiger partial charge >= 0.3 is 0 Å². The normalized spacial score (nSPS) is 15.0. The second kappa shape index (κ2) is 8.84. The van der Waals surface area contributed by atoms with Crippen LogP contribution < -0.4 is 10.1 Å². The molecule has 1 saturated heterocycles. The van der Waals surface area contributed by atoms with Crippen LogP contribution >= 0.6 is 35.0 Å². The van der Waals surface area contributed by atoms with Crippen molar-refractivity contribution in [2.45, 2.75) is 25.5 Å². The van der Waals surface area contributed by atoms with Gasteiger partial charge in [-0.15, -0.1) is 0 Å². The van der Waals surface area contributed by atoms with E-state index < -0.39 is 0 Å². The smallest absolute Gasteiger partial charge is 0.255 e. The lowest BCUT2D eigenvalue weighted by Gasteiger charge is -2.23. The van der Waals surface area contributed by atoms with Crippen molar-refractivity contribution in [2.24, 2.45) is 0 Å². The number of benzene rings is 2. The molecule has 0 spiro atoms. The van der Waals surface area contributed by atoms with Crippen LogP contribution in [0.2, 0.25) is 10.0 Å². The minimum absolute atomic E-state index is 0.0882. The number of hydrogen-bond acceptors (Lipinski definition) is 3. The van der Waals surface area contributed by atoms with E-state index in [0.29, 0.717) is 21.4 Å². The van der Waals surface area contributed by atoms with Crippen molar-refractivity contribution in [3.63, 3.8) is 0 Å². The molecule has 0 bridgehead atoms. The number of carbonyl (C=O) groups is 1. The van der Waals surface area contributed by atoms with E-state index in [1.807, 2.05) is 30.0 Å². The Balaban J connectivity index is 1.68. The highest BCUT2D eigenvalue weighted by Crippen LogP contribution is 2.25. The molecule has 1 N–H and O–H groups in total. The summed E-state index contributed by atoms with van der Waals surface area (Å²) < 4.78 is 5.86. The highest BCUT2D eigenvalue weighted by molar-refractivity contribution is 7.99. The number of nitrogens with one attached hydrogen (secondary N) is 1. The highest BCUT2D eigenvalue weighted by Gasteiger charge is 2.19. The molecular weight excluding hydrogens is 377 g/mol. The number of carbonyl (C=O) groups excluding carboxylic acids is 1. The molecule has 1 fully saturated rings. The summed E-state index contributed by atoms with van der Waals surface area (Å²) in [4.78, 5) is 12.6. The first-order chi connectivity index (χ1) is 12.1. The summed E-state index contributed by atoms with van der Waals surface area (Å²) in [6, 6.07) is 12.8. The summed E-state index contributed by atoms with van der Waals surface area (Å²) in [7, 11) is 0. The summed E-state index contributed by atoms with van der Waals surface area (Å²) >= 11 is 14.0. The van der Waals surface area contributed by atoms with Gasteiger partial charge in [0.2, 0.25) is 0 Å². The zero-order chi connectivity index (χ0) is 17.6. The van der Waals surface area contributed by atoms with Crippen molar-refractivity contribution >= 4 is 40.9 Å². The topological polar surface area (TPSA) is 38.3 Å². The number of amides is 1. The molecule has 1 aliphatic rings. The van der Waals surface area contributed by atoms with Gasteiger partial charge < -0.3 is 10.1 Å². The Bertz CT molecular complexity index is 748. The lowest BCUT2D eigenvalue weighted by molar-refractivity contribution is 0.0930. The first-order valence-corrected chi connectivity index (χ1v) is 10.1. The van der Waals surface area contributed by atoms with Gasteiger partial charge in [-0.2, -0.15) is 11.8 Å². The Hall–Kier alpha value is -1.36. The van der Waals surface area contributed by atoms with E-state index in [-0.39, 0.29) is 18.6 Å². The molecular formula is C19H19Cl2NO2S. The Morgan fingerprint density at radius 1 is 1.16 bits per heavy atom. The summed E-state index contributed by atoms with van der Waals surface area (Å²) in [6.07, 6.45) is 2.03. The number of ether oxygens (including phenoxy) is 1. The number of halogens is 2. The third-order valence-electron chi connectivity index (χ3n) is 4.09. The third-order valence-corrected chi connectivity index (χ3v) is 5.72. The average molecular weight is 396 g/mol. The van der Waals surface area contributed by atoms with Crippen molar-refractivity contribution in [1.82, 2.24) is 5.32 Å². The van der Waals surface area contributed by atoms with Crippen molar-refractivity contribution in [3.8, 4) is 5.75 Å². The lowest BCUT2D eigenvalue weighted by atomic mass is 10.1. The number of thioether (sulfide) groups is 1. The van der Waals surface area contributed by atoms with E-state index in [1.165, 1.54) is 0 Å².